The van der Waals surface area contributed by atoms with Crippen molar-refractivity contribution in [1.29, 1.82) is 5.26 Å². The minimum Gasteiger partial charge on any atom is -0.457 e. The number of nitriles is 1. The highest BCUT2D eigenvalue weighted by atomic mass is 35.5. The molecular weight excluding hydrogens is 478 g/mol. The van der Waals surface area contributed by atoms with E-state index in [4.69, 9.17) is 16.0 Å². The number of hydrogen-bond donors (Lipinski definition) is 1. The summed E-state index contributed by atoms with van der Waals surface area (Å²) in [4.78, 5) is 23.2. The van der Waals surface area contributed by atoms with Crippen molar-refractivity contribution in [2.45, 2.75) is 6.92 Å². The largest absolute Gasteiger partial charge is 0.457 e. The van der Waals surface area contributed by atoms with Gasteiger partial charge in [0.25, 0.3) is 11.6 Å². The fourth-order valence-corrected chi connectivity index (χ4v) is 4.10. The Bertz CT molecular complexity index is 1480. The first kappa shape index (κ1) is 22.8. The van der Waals surface area contributed by atoms with E-state index in [2.05, 4.69) is 15.5 Å². The third-order valence-electron chi connectivity index (χ3n) is 4.73. The first-order valence-corrected chi connectivity index (χ1v) is 10.9. The number of nitrogens with one attached hydrogen (secondary N) is 1. The molecule has 0 fully saturated rings. The normalized spacial score (nSPS) is 11.1. The highest BCUT2D eigenvalue weighted by Gasteiger charge is 2.17. The maximum atomic E-state index is 12.6. The predicted octanol–water partition coefficient (Wildman–Crippen LogP) is 5.88. The number of amides is 1. The van der Waals surface area contributed by atoms with Crippen molar-refractivity contribution < 1.29 is 14.1 Å². The Morgan fingerprint density at radius 2 is 2.00 bits per heavy atom. The topological polar surface area (TPSA) is 135 Å². The maximum Gasteiger partial charge on any atom is 0.270 e. The van der Waals surface area contributed by atoms with Gasteiger partial charge in [-0.15, -0.1) is 10.2 Å². The Kier molecular flexibility index (Phi) is 6.49. The summed E-state index contributed by atoms with van der Waals surface area (Å²) < 4.78 is 5.72. The molecule has 0 unspecified atom stereocenters. The average Bonchev–Trinajstić information content (AvgIpc) is 3.47. The number of anilines is 1. The lowest BCUT2D eigenvalue weighted by molar-refractivity contribution is -0.384. The summed E-state index contributed by atoms with van der Waals surface area (Å²) in [7, 11) is 0. The highest BCUT2D eigenvalue weighted by molar-refractivity contribution is 7.18. The summed E-state index contributed by atoms with van der Waals surface area (Å²) >= 11 is 7.29. The van der Waals surface area contributed by atoms with Gasteiger partial charge in [0.15, 0.2) is 5.01 Å². The zero-order valence-corrected chi connectivity index (χ0v) is 19.1. The molecule has 2 heterocycles. The number of carbonyl (C=O) groups is 1. The van der Waals surface area contributed by atoms with E-state index in [9.17, 15) is 20.2 Å². The molecular formula is C23H14ClN5O4S. The van der Waals surface area contributed by atoms with Gasteiger partial charge in [-0.3, -0.25) is 20.2 Å². The Labute approximate surface area is 202 Å². The minimum absolute atomic E-state index is 0.0700. The molecule has 2 aromatic heterocycles. The number of benzene rings is 2. The molecule has 0 saturated heterocycles. The number of hydrogen-bond acceptors (Lipinski definition) is 8. The van der Waals surface area contributed by atoms with Gasteiger partial charge in [0.2, 0.25) is 5.13 Å². The third-order valence-corrected chi connectivity index (χ3v) is 5.93. The van der Waals surface area contributed by atoms with Crippen molar-refractivity contribution >= 4 is 45.7 Å². The summed E-state index contributed by atoms with van der Waals surface area (Å²) in [5.41, 5.74) is 1.71. The maximum absolute atomic E-state index is 12.6. The fraction of sp³-hybridized carbons (Fsp3) is 0.0435. The van der Waals surface area contributed by atoms with Crippen molar-refractivity contribution in [2.75, 3.05) is 5.32 Å². The SMILES string of the molecule is Cc1ccc([N+](=O)[O-])cc1-c1ccc(/C=C(/C#N)C(=O)Nc2nnc(-c3ccccc3Cl)s2)o1. The van der Waals surface area contributed by atoms with E-state index in [1.165, 1.54) is 18.2 Å². The van der Waals surface area contributed by atoms with Crippen LogP contribution in [0.4, 0.5) is 10.8 Å². The van der Waals surface area contributed by atoms with E-state index in [1.54, 1.807) is 43.3 Å². The second kappa shape index (κ2) is 9.66. The van der Waals surface area contributed by atoms with E-state index < -0.39 is 10.8 Å². The molecule has 0 aliphatic rings. The van der Waals surface area contributed by atoms with E-state index in [0.29, 0.717) is 26.9 Å². The van der Waals surface area contributed by atoms with Crippen molar-refractivity contribution in [1.82, 2.24) is 10.2 Å². The molecule has 0 radical (unpaired) electrons. The molecule has 0 aliphatic carbocycles. The molecule has 11 heteroatoms. The van der Waals surface area contributed by atoms with Gasteiger partial charge in [-0.2, -0.15) is 5.26 Å². The number of rotatable bonds is 6. The van der Waals surface area contributed by atoms with Gasteiger partial charge in [-0.25, -0.2) is 0 Å². The van der Waals surface area contributed by atoms with Crippen molar-refractivity contribution in [3.8, 4) is 28.0 Å². The quantitative estimate of drug-likeness (QED) is 0.154. The molecule has 34 heavy (non-hydrogen) atoms. The van der Waals surface area contributed by atoms with Gasteiger partial charge in [0.05, 0.1) is 9.95 Å². The molecule has 168 valence electrons. The molecule has 1 amide bonds. The van der Waals surface area contributed by atoms with Gasteiger partial charge in [0.1, 0.15) is 23.2 Å². The Balaban J connectivity index is 1.54. The first-order valence-electron chi connectivity index (χ1n) is 9.72. The van der Waals surface area contributed by atoms with Gasteiger partial charge in [0, 0.05) is 29.3 Å². The lowest BCUT2D eigenvalue weighted by Crippen LogP contribution is -2.13. The number of aryl methyl sites for hydroxylation is 1. The van der Waals surface area contributed by atoms with Crippen molar-refractivity contribution in [3.05, 3.63) is 86.6 Å². The number of nitrogens with zero attached hydrogens (tertiary/aromatic N) is 4. The lowest BCUT2D eigenvalue weighted by Gasteiger charge is -2.02. The predicted molar refractivity (Wildman–Crippen MR) is 128 cm³/mol. The summed E-state index contributed by atoms with van der Waals surface area (Å²) in [6.45, 7) is 1.80. The van der Waals surface area contributed by atoms with Gasteiger partial charge in [-0.05, 0) is 30.7 Å². The number of halogens is 1. The summed E-state index contributed by atoms with van der Waals surface area (Å²) in [6, 6.07) is 16.6. The number of furan rings is 1. The minimum atomic E-state index is -0.686. The molecule has 4 rings (SSSR count). The number of carbonyl (C=O) groups excluding carboxylic acids is 1. The van der Waals surface area contributed by atoms with Gasteiger partial charge >= 0.3 is 0 Å². The zero-order chi connectivity index (χ0) is 24.2. The monoisotopic (exact) mass is 491 g/mol. The van der Waals surface area contributed by atoms with Crippen LogP contribution in [0.1, 0.15) is 11.3 Å². The molecule has 0 bridgehead atoms. The van der Waals surface area contributed by atoms with Crippen LogP contribution in [-0.2, 0) is 4.79 Å². The summed E-state index contributed by atoms with van der Waals surface area (Å²) in [6.07, 6.45) is 1.28. The molecule has 1 N–H and O–H groups in total. The average molecular weight is 492 g/mol. The molecule has 2 aromatic carbocycles. The number of aromatic nitrogens is 2. The van der Waals surface area contributed by atoms with Crippen LogP contribution in [0.2, 0.25) is 5.02 Å². The molecule has 4 aromatic rings. The summed E-state index contributed by atoms with van der Waals surface area (Å²) in [5, 5.41) is 32.3. The second-order valence-corrected chi connectivity index (χ2v) is 8.36. The Hall–Kier alpha value is -4.33. The fourth-order valence-electron chi connectivity index (χ4n) is 3.04. The van der Waals surface area contributed by atoms with Crippen LogP contribution < -0.4 is 5.32 Å². The zero-order valence-electron chi connectivity index (χ0n) is 17.5. The van der Waals surface area contributed by atoms with Crippen LogP contribution in [0.25, 0.3) is 28.0 Å². The highest BCUT2D eigenvalue weighted by Crippen LogP contribution is 2.32. The van der Waals surface area contributed by atoms with Crippen LogP contribution in [0.3, 0.4) is 0 Å². The van der Waals surface area contributed by atoms with Crippen LogP contribution in [-0.4, -0.2) is 21.0 Å². The van der Waals surface area contributed by atoms with E-state index in [-0.39, 0.29) is 22.2 Å². The standard InChI is InChI=1S/C23H14ClN5O4S/c1-13-6-7-15(29(31)32)11-18(13)20-9-8-16(33-20)10-14(12-25)21(30)26-23-28-27-22(34-23)17-4-2-3-5-19(17)24/h2-11H,1H3,(H,26,28,30)/b14-10-. The third kappa shape index (κ3) is 4.85. The van der Waals surface area contributed by atoms with E-state index >= 15 is 0 Å². The Morgan fingerprint density at radius 3 is 2.74 bits per heavy atom. The van der Waals surface area contributed by atoms with Crippen molar-refractivity contribution in [3.63, 3.8) is 0 Å². The van der Waals surface area contributed by atoms with Crippen LogP contribution in [0.15, 0.2) is 64.6 Å². The van der Waals surface area contributed by atoms with Crippen LogP contribution >= 0.6 is 22.9 Å². The molecule has 0 aliphatic heterocycles. The van der Waals surface area contributed by atoms with Gasteiger partial charge < -0.3 is 4.42 Å². The molecule has 0 spiro atoms. The molecule has 0 saturated carbocycles. The smallest absolute Gasteiger partial charge is 0.270 e. The summed E-state index contributed by atoms with van der Waals surface area (Å²) in [5.74, 6) is -0.0749. The number of nitro benzene ring substituents is 1. The van der Waals surface area contributed by atoms with E-state index in [1.807, 2.05) is 12.1 Å². The first-order chi connectivity index (χ1) is 16.4. The van der Waals surface area contributed by atoms with Crippen LogP contribution in [0.5, 0.6) is 0 Å². The second-order valence-electron chi connectivity index (χ2n) is 6.97. The Morgan fingerprint density at radius 1 is 1.21 bits per heavy atom. The van der Waals surface area contributed by atoms with Crippen molar-refractivity contribution in [2.24, 2.45) is 0 Å². The molecule has 9 nitrogen and oxygen atoms in total. The lowest BCUT2D eigenvalue weighted by atomic mass is 10.1. The van der Waals surface area contributed by atoms with Crippen LogP contribution in [0, 0.1) is 28.4 Å². The molecule has 0 atom stereocenters. The number of non-ortho nitro benzene ring substituents is 1. The van der Waals surface area contributed by atoms with E-state index in [0.717, 1.165) is 16.9 Å². The van der Waals surface area contributed by atoms with Gasteiger partial charge in [-0.1, -0.05) is 47.2 Å². The number of nitro groups is 1.